The zero-order valence-electron chi connectivity index (χ0n) is 17.6. The van der Waals surface area contributed by atoms with E-state index in [2.05, 4.69) is 11.9 Å². The standard InChI is InChI=1S/C22H42N2O3/c1-2-3-4-5-6-7-8-9-10-11-12-13-14-21-23-16-18-24(21,19-20-25)17-15-22(26)27/h25H,2-20H2,1H3. The first kappa shape index (κ1) is 24.1. The summed E-state index contributed by atoms with van der Waals surface area (Å²) in [7, 11) is 0. The molecule has 5 nitrogen and oxygen atoms in total. The maximum atomic E-state index is 10.9. The van der Waals surface area contributed by atoms with Gasteiger partial charge in [0, 0.05) is 18.8 Å². The van der Waals surface area contributed by atoms with Crippen molar-refractivity contribution in [2.24, 2.45) is 4.99 Å². The largest absolute Gasteiger partial charge is 0.550 e. The highest BCUT2D eigenvalue weighted by Gasteiger charge is 2.36. The first-order valence-corrected chi connectivity index (χ1v) is 11.4. The number of carbonyl (C=O) groups excluding carboxylic acids is 1. The van der Waals surface area contributed by atoms with Crippen LogP contribution in [-0.2, 0) is 4.79 Å². The van der Waals surface area contributed by atoms with Crippen LogP contribution in [0.4, 0.5) is 0 Å². The van der Waals surface area contributed by atoms with Gasteiger partial charge in [-0.2, -0.15) is 0 Å². The molecule has 1 heterocycles. The molecule has 0 radical (unpaired) electrons. The van der Waals surface area contributed by atoms with Crippen molar-refractivity contribution in [3.63, 3.8) is 0 Å². The van der Waals surface area contributed by atoms with E-state index in [1.165, 1.54) is 70.6 Å². The Morgan fingerprint density at radius 3 is 2.04 bits per heavy atom. The minimum Gasteiger partial charge on any atom is -0.550 e. The molecule has 0 fully saturated rings. The summed E-state index contributed by atoms with van der Waals surface area (Å²) in [6, 6.07) is 0. The highest BCUT2D eigenvalue weighted by Crippen LogP contribution is 2.21. The Morgan fingerprint density at radius 2 is 1.52 bits per heavy atom. The van der Waals surface area contributed by atoms with E-state index >= 15 is 0 Å². The maximum Gasteiger partial charge on any atom is 0.198 e. The quantitative estimate of drug-likeness (QED) is 0.291. The van der Waals surface area contributed by atoms with Crippen LogP contribution in [-0.4, -0.2) is 54.2 Å². The summed E-state index contributed by atoms with van der Waals surface area (Å²) in [6.07, 6.45) is 16.9. The lowest BCUT2D eigenvalue weighted by molar-refractivity contribution is -0.836. The smallest absolute Gasteiger partial charge is 0.198 e. The third kappa shape index (κ3) is 10.2. The number of carboxylic acid groups (broad SMARTS) is 1. The van der Waals surface area contributed by atoms with Crippen LogP contribution in [0.15, 0.2) is 4.99 Å². The summed E-state index contributed by atoms with van der Waals surface area (Å²) in [5.41, 5.74) is 0. The SMILES string of the molecule is CCCCCCCCCCCCCCC1=NCC[N+]1(CCO)CCC(=O)[O-]. The van der Waals surface area contributed by atoms with Crippen molar-refractivity contribution in [3.8, 4) is 0 Å². The fourth-order valence-electron chi connectivity index (χ4n) is 4.18. The normalized spacial score (nSPS) is 19.4. The highest BCUT2D eigenvalue weighted by atomic mass is 16.4. The minimum absolute atomic E-state index is 0.0392. The number of aliphatic imine (C=N–C) groups is 1. The number of amidine groups is 1. The van der Waals surface area contributed by atoms with Gasteiger partial charge >= 0.3 is 0 Å². The Morgan fingerprint density at radius 1 is 0.963 bits per heavy atom. The molecule has 1 N–H and O–H groups in total. The molecule has 1 rings (SSSR count). The average molecular weight is 383 g/mol. The fraction of sp³-hybridized carbons (Fsp3) is 0.909. The van der Waals surface area contributed by atoms with Gasteiger partial charge in [-0.25, -0.2) is 4.99 Å². The van der Waals surface area contributed by atoms with Gasteiger partial charge in [0.15, 0.2) is 5.84 Å². The second-order valence-electron chi connectivity index (χ2n) is 8.10. The molecule has 0 aromatic carbocycles. The molecule has 0 saturated heterocycles. The molecular formula is C22H42N2O3. The van der Waals surface area contributed by atoms with Crippen LogP contribution in [0.3, 0.4) is 0 Å². The number of carbonyl (C=O) groups is 1. The van der Waals surface area contributed by atoms with Gasteiger partial charge in [-0.05, 0) is 6.42 Å². The summed E-state index contributed by atoms with van der Waals surface area (Å²) < 4.78 is 0.558. The summed E-state index contributed by atoms with van der Waals surface area (Å²) in [5.74, 6) is 0.0828. The number of quaternary nitrogens is 1. The van der Waals surface area contributed by atoms with Gasteiger partial charge in [0.2, 0.25) is 0 Å². The molecule has 1 atom stereocenters. The van der Waals surface area contributed by atoms with Gasteiger partial charge in [0.25, 0.3) is 0 Å². The number of aliphatic hydroxyl groups excluding tert-OH is 1. The van der Waals surface area contributed by atoms with Crippen molar-refractivity contribution >= 4 is 11.8 Å². The molecule has 0 amide bonds. The second kappa shape index (κ2) is 15.0. The first-order valence-electron chi connectivity index (χ1n) is 11.4. The van der Waals surface area contributed by atoms with Crippen LogP contribution in [0.5, 0.6) is 0 Å². The van der Waals surface area contributed by atoms with Crippen LogP contribution in [0.1, 0.15) is 96.8 Å². The first-order chi connectivity index (χ1) is 13.1. The van der Waals surface area contributed by atoms with E-state index < -0.39 is 5.97 Å². The number of hydrogen-bond donors (Lipinski definition) is 1. The molecule has 5 heteroatoms. The summed E-state index contributed by atoms with van der Waals surface area (Å²) >= 11 is 0. The molecule has 0 aromatic rings. The van der Waals surface area contributed by atoms with Crippen molar-refractivity contribution in [1.82, 2.24) is 0 Å². The molecule has 0 aliphatic carbocycles. The molecule has 0 spiro atoms. The molecule has 0 saturated carbocycles. The Labute approximate surface area is 166 Å². The number of aliphatic carboxylic acids is 1. The molecule has 0 bridgehead atoms. The lowest BCUT2D eigenvalue weighted by atomic mass is 10.0. The Kier molecular flexibility index (Phi) is 13.4. The summed E-state index contributed by atoms with van der Waals surface area (Å²) in [5, 5.41) is 20.3. The van der Waals surface area contributed by atoms with Gasteiger partial charge in [0.1, 0.15) is 13.1 Å². The van der Waals surface area contributed by atoms with Crippen molar-refractivity contribution in [2.75, 3.05) is 32.8 Å². The van der Waals surface area contributed by atoms with E-state index in [0.717, 1.165) is 31.8 Å². The van der Waals surface area contributed by atoms with E-state index in [1.54, 1.807) is 0 Å². The van der Waals surface area contributed by atoms with Crippen molar-refractivity contribution in [3.05, 3.63) is 0 Å². The number of rotatable bonds is 18. The predicted molar refractivity (Wildman–Crippen MR) is 110 cm³/mol. The van der Waals surface area contributed by atoms with Crippen LogP contribution < -0.4 is 5.11 Å². The monoisotopic (exact) mass is 382 g/mol. The van der Waals surface area contributed by atoms with Gasteiger partial charge in [-0.1, -0.05) is 77.6 Å². The van der Waals surface area contributed by atoms with Crippen molar-refractivity contribution in [1.29, 1.82) is 0 Å². The molecule has 27 heavy (non-hydrogen) atoms. The fourth-order valence-corrected chi connectivity index (χ4v) is 4.18. The van der Waals surface area contributed by atoms with Crippen LogP contribution >= 0.6 is 0 Å². The number of nitrogens with zero attached hydrogens (tertiary/aromatic N) is 2. The number of carboxylic acids is 1. The van der Waals surface area contributed by atoms with Crippen LogP contribution in [0.25, 0.3) is 0 Å². The van der Waals surface area contributed by atoms with E-state index in [0.29, 0.717) is 17.6 Å². The average Bonchev–Trinajstić information content (AvgIpc) is 3.04. The van der Waals surface area contributed by atoms with Crippen molar-refractivity contribution in [2.45, 2.75) is 96.8 Å². The molecule has 158 valence electrons. The lowest BCUT2D eigenvalue weighted by Crippen LogP contribution is -2.54. The van der Waals surface area contributed by atoms with E-state index in [4.69, 9.17) is 0 Å². The molecule has 1 aliphatic heterocycles. The molecule has 1 aliphatic rings. The zero-order valence-corrected chi connectivity index (χ0v) is 17.6. The Bertz CT molecular complexity index is 426. The second-order valence-corrected chi connectivity index (χ2v) is 8.10. The van der Waals surface area contributed by atoms with E-state index in [1.807, 2.05) is 0 Å². The summed E-state index contributed by atoms with van der Waals surface area (Å²) in [6.45, 7) is 4.98. The minimum atomic E-state index is -1.01. The van der Waals surface area contributed by atoms with Gasteiger partial charge in [-0.15, -0.1) is 0 Å². The van der Waals surface area contributed by atoms with Crippen molar-refractivity contribution < 1.29 is 19.5 Å². The predicted octanol–water partition coefficient (Wildman–Crippen LogP) is 3.44. The Hall–Kier alpha value is -0.940. The maximum absolute atomic E-state index is 10.9. The Balaban J connectivity index is 2.11. The molecule has 0 aromatic heterocycles. The number of unbranched alkanes of at least 4 members (excludes halogenated alkanes) is 11. The molecule has 1 unspecified atom stereocenters. The molecular weight excluding hydrogens is 340 g/mol. The third-order valence-electron chi connectivity index (χ3n) is 5.90. The zero-order chi connectivity index (χ0) is 19.8. The van der Waals surface area contributed by atoms with E-state index in [-0.39, 0.29) is 13.0 Å². The number of hydrogen-bond acceptors (Lipinski definition) is 4. The number of aliphatic hydroxyl groups is 1. The topological polar surface area (TPSA) is 72.7 Å². The third-order valence-corrected chi connectivity index (χ3v) is 5.90. The van der Waals surface area contributed by atoms with Gasteiger partial charge < -0.3 is 15.0 Å². The lowest BCUT2D eigenvalue weighted by Gasteiger charge is -2.34. The van der Waals surface area contributed by atoms with Crippen LogP contribution in [0.2, 0.25) is 0 Å². The highest BCUT2D eigenvalue weighted by molar-refractivity contribution is 5.77. The van der Waals surface area contributed by atoms with Gasteiger partial charge in [-0.3, -0.25) is 4.48 Å². The summed E-state index contributed by atoms with van der Waals surface area (Å²) in [4.78, 5) is 15.5. The van der Waals surface area contributed by atoms with Crippen LogP contribution in [0, 0.1) is 0 Å². The van der Waals surface area contributed by atoms with E-state index in [9.17, 15) is 15.0 Å². The van der Waals surface area contributed by atoms with Gasteiger partial charge in [0.05, 0.1) is 19.7 Å².